The summed E-state index contributed by atoms with van der Waals surface area (Å²) in [6.07, 6.45) is 4.10. The van der Waals surface area contributed by atoms with Crippen molar-refractivity contribution in [2.75, 3.05) is 6.54 Å². The van der Waals surface area contributed by atoms with Gasteiger partial charge >= 0.3 is 0 Å². The van der Waals surface area contributed by atoms with Gasteiger partial charge in [-0.3, -0.25) is 0 Å². The second kappa shape index (κ2) is 7.00. The molecule has 0 bridgehead atoms. The SMILES string of the molecule is CCc1oc2ccccc2c1CNC[C@H]1CCc2nnc(CC)n2C1. The molecule has 1 aliphatic heterocycles. The zero-order valence-electron chi connectivity index (χ0n) is 15.1. The summed E-state index contributed by atoms with van der Waals surface area (Å²) in [6, 6.07) is 8.33. The third-order valence-electron chi connectivity index (χ3n) is 5.28. The van der Waals surface area contributed by atoms with Crippen molar-refractivity contribution in [1.82, 2.24) is 20.1 Å². The number of hydrogen-bond acceptors (Lipinski definition) is 4. The summed E-state index contributed by atoms with van der Waals surface area (Å²) in [5, 5.41) is 13.5. The zero-order chi connectivity index (χ0) is 17.2. The standard InChI is InChI=1S/C20H26N4O/c1-3-17-16(15-7-5-6-8-18(15)25-17)12-21-11-14-9-10-20-23-22-19(4-2)24(20)13-14/h5-8,14,21H,3-4,9-13H2,1-2H3/t14-/m1/s1. The van der Waals surface area contributed by atoms with Gasteiger partial charge < -0.3 is 14.3 Å². The van der Waals surface area contributed by atoms with E-state index >= 15 is 0 Å². The van der Waals surface area contributed by atoms with E-state index in [9.17, 15) is 0 Å². The number of furan rings is 1. The topological polar surface area (TPSA) is 55.9 Å². The van der Waals surface area contributed by atoms with Gasteiger partial charge in [0.25, 0.3) is 0 Å². The lowest BCUT2D eigenvalue weighted by molar-refractivity contribution is 0.342. The van der Waals surface area contributed by atoms with Crippen LogP contribution in [0.5, 0.6) is 0 Å². The van der Waals surface area contributed by atoms with Crippen molar-refractivity contribution >= 4 is 11.0 Å². The van der Waals surface area contributed by atoms with Gasteiger partial charge in [0.2, 0.25) is 0 Å². The molecular weight excluding hydrogens is 312 g/mol. The van der Waals surface area contributed by atoms with Crippen molar-refractivity contribution in [1.29, 1.82) is 0 Å². The van der Waals surface area contributed by atoms with Crippen LogP contribution in [0.3, 0.4) is 0 Å². The second-order valence-corrected chi connectivity index (χ2v) is 6.89. The minimum absolute atomic E-state index is 0.636. The Kier molecular flexibility index (Phi) is 4.57. The molecule has 0 fully saturated rings. The Morgan fingerprint density at radius 1 is 1.20 bits per heavy atom. The van der Waals surface area contributed by atoms with E-state index in [2.05, 4.69) is 52.1 Å². The average molecular weight is 338 g/mol. The van der Waals surface area contributed by atoms with Crippen molar-refractivity contribution in [2.45, 2.75) is 52.6 Å². The van der Waals surface area contributed by atoms with Crippen LogP contribution >= 0.6 is 0 Å². The van der Waals surface area contributed by atoms with Gasteiger partial charge in [-0.15, -0.1) is 10.2 Å². The van der Waals surface area contributed by atoms with E-state index < -0.39 is 0 Å². The molecule has 1 aromatic carbocycles. The first-order valence-electron chi connectivity index (χ1n) is 9.41. The molecule has 0 saturated heterocycles. The molecule has 0 unspecified atom stereocenters. The third kappa shape index (κ3) is 3.09. The zero-order valence-corrected chi connectivity index (χ0v) is 15.1. The highest BCUT2D eigenvalue weighted by atomic mass is 16.3. The van der Waals surface area contributed by atoms with E-state index in [1.165, 1.54) is 17.4 Å². The van der Waals surface area contributed by atoms with E-state index in [1.807, 2.05) is 6.07 Å². The maximum Gasteiger partial charge on any atom is 0.134 e. The van der Waals surface area contributed by atoms with E-state index in [-0.39, 0.29) is 0 Å². The molecule has 0 radical (unpaired) electrons. The summed E-state index contributed by atoms with van der Waals surface area (Å²) in [5.74, 6) is 4.01. The van der Waals surface area contributed by atoms with E-state index in [0.717, 1.165) is 61.9 Å². The summed E-state index contributed by atoms with van der Waals surface area (Å²) in [5.41, 5.74) is 2.31. The molecule has 5 nitrogen and oxygen atoms in total. The molecule has 4 rings (SSSR count). The van der Waals surface area contributed by atoms with E-state index in [1.54, 1.807) is 0 Å². The molecule has 5 heteroatoms. The van der Waals surface area contributed by atoms with Crippen molar-refractivity contribution in [3.8, 4) is 0 Å². The first-order chi connectivity index (χ1) is 12.3. The number of aryl methyl sites for hydroxylation is 3. The van der Waals surface area contributed by atoms with Gasteiger partial charge in [-0.2, -0.15) is 0 Å². The molecule has 1 N–H and O–H groups in total. The van der Waals surface area contributed by atoms with Crippen LogP contribution < -0.4 is 5.32 Å². The monoisotopic (exact) mass is 338 g/mol. The summed E-state index contributed by atoms with van der Waals surface area (Å²) in [6.45, 7) is 7.22. The van der Waals surface area contributed by atoms with Crippen LogP contribution in [0.25, 0.3) is 11.0 Å². The van der Waals surface area contributed by atoms with Gasteiger partial charge in [-0.05, 0) is 24.9 Å². The summed E-state index contributed by atoms with van der Waals surface area (Å²) < 4.78 is 8.32. The number of nitrogens with one attached hydrogen (secondary N) is 1. The summed E-state index contributed by atoms with van der Waals surface area (Å²) in [7, 11) is 0. The van der Waals surface area contributed by atoms with Crippen molar-refractivity contribution in [2.24, 2.45) is 5.92 Å². The van der Waals surface area contributed by atoms with Crippen LogP contribution in [-0.4, -0.2) is 21.3 Å². The normalized spacial score (nSPS) is 17.1. The Bertz CT molecular complexity index is 850. The predicted octanol–water partition coefficient (Wildman–Crippen LogP) is 3.50. The van der Waals surface area contributed by atoms with Crippen molar-refractivity contribution in [3.63, 3.8) is 0 Å². The van der Waals surface area contributed by atoms with Crippen LogP contribution in [0.4, 0.5) is 0 Å². The van der Waals surface area contributed by atoms with Gasteiger partial charge in [0.15, 0.2) is 0 Å². The molecule has 0 saturated carbocycles. The first-order valence-corrected chi connectivity index (χ1v) is 9.41. The lowest BCUT2D eigenvalue weighted by atomic mass is 9.99. The number of para-hydroxylation sites is 1. The molecule has 1 aliphatic rings. The maximum absolute atomic E-state index is 6.00. The van der Waals surface area contributed by atoms with Crippen molar-refractivity contribution in [3.05, 3.63) is 47.2 Å². The number of fused-ring (bicyclic) bond motifs is 2. The molecular formula is C20H26N4O. The fourth-order valence-electron chi connectivity index (χ4n) is 3.91. The molecule has 3 heterocycles. The fourth-order valence-corrected chi connectivity index (χ4v) is 3.91. The Morgan fingerprint density at radius 2 is 2.08 bits per heavy atom. The molecule has 132 valence electrons. The van der Waals surface area contributed by atoms with Gasteiger partial charge in [0.05, 0.1) is 0 Å². The van der Waals surface area contributed by atoms with Gasteiger partial charge in [0, 0.05) is 43.3 Å². The average Bonchev–Trinajstić information content (AvgIpc) is 3.22. The number of nitrogens with zero attached hydrogens (tertiary/aromatic N) is 3. The third-order valence-corrected chi connectivity index (χ3v) is 5.28. The molecule has 1 atom stereocenters. The lowest BCUT2D eigenvalue weighted by Gasteiger charge is -2.24. The quantitative estimate of drug-likeness (QED) is 0.747. The van der Waals surface area contributed by atoms with E-state index in [4.69, 9.17) is 4.42 Å². The minimum Gasteiger partial charge on any atom is -0.461 e. The van der Waals surface area contributed by atoms with Crippen LogP contribution in [0, 0.1) is 5.92 Å². The second-order valence-electron chi connectivity index (χ2n) is 6.89. The van der Waals surface area contributed by atoms with Gasteiger partial charge in [-0.1, -0.05) is 32.0 Å². The van der Waals surface area contributed by atoms with Crippen LogP contribution in [0.1, 0.15) is 43.2 Å². The number of aromatic nitrogens is 3. The van der Waals surface area contributed by atoms with Crippen molar-refractivity contribution < 1.29 is 4.42 Å². The Labute approximate surface area is 148 Å². The molecule has 3 aromatic rings. The molecule has 25 heavy (non-hydrogen) atoms. The fraction of sp³-hybridized carbons (Fsp3) is 0.500. The van der Waals surface area contributed by atoms with Crippen LogP contribution in [-0.2, 0) is 32.4 Å². The first kappa shape index (κ1) is 16.3. The van der Waals surface area contributed by atoms with Gasteiger partial charge in [-0.25, -0.2) is 0 Å². The summed E-state index contributed by atoms with van der Waals surface area (Å²) >= 11 is 0. The highest BCUT2D eigenvalue weighted by molar-refractivity contribution is 5.82. The minimum atomic E-state index is 0.636. The van der Waals surface area contributed by atoms with Crippen LogP contribution in [0.15, 0.2) is 28.7 Å². The molecule has 0 aliphatic carbocycles. The number of benzene rings is 1. The highest BCUT2D eigenvalue weighted by Crippen LogP contribution is 2.26. The highest BCUT2D eigenvalue weighted by Gasteiger charge is 2.22. The molecule has 2 aromatic heterocycles. The van der Waals surface area contributed by atoms with E-state index in [0.29, 0.717) is 5.92 Å². The van der Waals surface area contributed by atoms with Gasteiger partial charge in [0.1, 0.15) is 23.0 Å². The predicted molar refractivity (Wildman–Crippen MR) is 98.5 cm³/mol. The van der Waals surface area contributed by atoms with Crippen LogP contribution in [0.2, 0.25) is 0 Å². The molecule has 0 spiro atoms. The lowest BCUT2D eigenvalue weighted by Crippen LogP contribution is -2.30. The number of rotatable bonds is 6. The largest absolute Gasteiger partial charge is 0.461 e. The Balaban J connectivity index is 1.42. The smallest absolute Gasteiger partial charge is 0.134 e. The Hall–Kier alpha value is -2.14. The molecule has 0 amide bonds. The maximum atomic E-state index is 6.00. The number of hydrogen-bond donors (Lipinski definition) is 1. The summed E-state index contributed by atoms with van der Waals surface area (Å²) in [4.78, 5) is 0. The Morgan fingerprint density at radius 3 is 2.92 bits per heavy atom.